The fourth-order valence-electron chi connectivity index (χ4n) is 3.91. The van der Waals surface area contributed by atoms with Gasteiger partial charge < -0.3 is 14.8 Å². The Labute approximate surface area is 221 Å². The van der Waals surface area contributed by atoms with Crippen LogP contribution < -0.4 is 14.8 Å². The van der Waals surface area contributed by atoms with Crippen LogP contribution in [0.1, 0.15) is 47.5 Å². The molecule has 190 valence electrons. The van der Waals surface area contributed by atoms with Crippen LogP contribution >= 0.6 is 11.3 Å². The Hall–Kier alpha value is -3.97. The van der Waals surface area contributed by atoms with Gasteiger partial charge in [0.05, 0.1) is 18.9 Å². The van der Waals surface area contributed by atoms with Gasteiger partial charge in [-0.25, -0.2) is 4.98 Å². The van der Waals surface area contributed by atoms with Crippen LogP contribution in [0.25, 0.3) is 11.3 Å². The summed E-state index contributed by atoms with van der Waals surface area (Å²) >= 11 is 1.46. The van der Waals surface area contributed by atoms with Gasteiger partial charge in [0, 0.05) is 35.3 Å². The zero-order valence-electron chi connectivity index (χ0n) is 21.0. The summed E-state index contributed by atoms with van der Waals surface area (Å²) in [5.74, 6) is 0.752. The van der Waals surface area contributed by atoms with Crippen LogP contribution in [0, 0.1) is 0 Å². The van der Waals surface area contributed by atoms with Gasteiger partial charge in [0.1, 0.15) is 0 Å². The highest BCUT2D eigenvalue weighted by Crippen LogP contribution is 2.33. The van der Waals surface area contributed by atoms with Crippen molar-refractivity contribution in [2.45, 2.75) is 33.1 Å². The van der Waals surface area contributed by atoms with Gasteiger partial charge in [0.25, 0.3) is 0 Å². The summed E-state index contributed by atoms with van der Waals surface area (Å²) in [6.07, 6.45) is 0.862. The molecule has 0 radical (unpaired) electrons. The second-order valence-corrected chi connectivity index (χ2v) is 9.40. The molecule has 0 fully saturated rings. The van der Waals surface area contributed by atoms with Gasteiger partial charge in [-0.1, -0.05) is 60.7 Å². The Balaban J connectivity index is 1.43. The minimum Gasteiger partial charge on any atom is -0.490 e. The van der Waals surface area contributed by atoms with Crippen molar-refractivity contribution < 1.29 is 19.1 Å². The monoisotopic (exact) mass is 514 g/mol. The molecule has 0 saturated heterocycles. The molecule has 0 unspecified atom stereocenters. The van der Waals surface area contributed by atoms with E-state index in [-0.39, 0.29) is 24.5 Å². The van der Waals surface area contributed by atoms with Gasteiger partial charge in [-0.15, -0.1) is 11.3 Å². The van der Waals surface area contributed by atoms with Crippen molar-refractivity contribution in [3.63, 3.8) is 0 Å². The number of nitrogens with one attached hydrogen (secondary N) is 1. The molecule has 0 aliphatic rings. The van der Waals surface area contributed by atoms with Crippen LogP contribution in [0.3, 0.4) is 0 Å². The molecule has 1 aromatic heterocycles. The predicted octanol–water partition coefficient (Wildman–Crippen LogP) is 6.80. The quantitative estimate of drug-likeness (QED) is 0.210. The van der Waals surface area contributed by atoms with Gasteiger partial charge in [-0.3, -0.25) is 9.59 Å². The van der Waals surface area contributed by atoms with E-state index >= 15 is 0 Å². The molecule has 7 heteroatoms. The van der Waals surface area contributed by atoms with Gasteiger partial charge in [0.15, 0.2) is 22.4 Å². The largest absolute Gasteiger partial charge is 0.490 e. The SMILES string of the molecule is CCOc1ccc(C(=O)CCC(=O)Nc2nc(-c3ccccc3)c(Cc3ccccc3)s2)cc1OCC. The summed E-state index contributed by atoms with van der Waals surface area (Å²) in [5, 5.41) is 3.42. The van der Waals surface area contributed by atoms with Crippen LogP contribution in [0.4, 0.5) is 5.13 Å². The Morgan fingerprint density at radius 3 is 2.22 bits per heavy atom. The van der Waals surface area contributed by atoms with Crippen molar-refractivity contribution >= 4 is 28.2 Å². The third-order valence-electron chi connectivity index (χ3n) is 5.64. The van der Waals surface area contributed by atoms with Gasteiger partial charge in [-0.2, -0.15) is 0 Å². The minimum absolute atomic E-state index is 0.0598. The Kier molecular flexibility index (Phi) is 9.05. The number of nitrogens with zero attached hydrogens (tertiary/aromatic N) is 1. The first-order valence-corrected chi connectivity index (χ1v) is 13.2. The molecule has 0 bridgehead atoms. The number of rotatable bonds is 12. The molecule has 6 nitrogen and oxygen atoms in total. The van der Waals surface area contributed by atoms with Crippen LogP contribution in [-0.4, -0.2) is 29.9 Å². The first kappa shape index (κ1) is 26.1. The van der Waals surface area contributed by atoms with Crippen molar-refractivity contribution in [1.29, 1.82) is 0 Å². The van der Waals surface area contributed by atoms with E-state index in [9.17, 15) is 9.59 Å². The second-order valence-electron chi connectivity index (χ2n) is 8.32. The van der Waals surface area contributed by atoms with Crippen molar-refractivity contribution in [2.24, 2.45) is 0 Å². The number of amides is 1. The fraction of sp³-hybridized carbons (Fsp3) is 0.233. The normalized spacial score (nSPS) is 10.6. The summed E-state index contributed by atoms with van der Waals surface area (Å²) in [6, 6.07) is 25.2. The van der Waals surface area contributed by atoms with Crippen molar-refractivity contribution in [1.82, 2.24) is 4.98 Å². The van der Waals surface area contributed by atoms with Crippen molar-refractivity contribution in [3.8, 4) is 22.8 Å². The van der Waals surface area contributed by atoms with E-state index in [1.807, 2.05) is 62.4 Å². The Bertz CT molecular complexity index is 1340. The fourth-order valence-corrected chi connectivity index (χ4v) is 4.94. The standard InChI is InChI=1S/C30H30N2O4S/c1-3-35-25-17-15-23(20-26(25)36-4-2)24(33)16-18-28(34)31-30-32-29(22-13-9-6-10-14-22)27(37-30)19-21-11-7-5-8-12-21/h5-15,17,20H,3-4,16,18-19H2,1-2H3,(H,31,32,34). The summed E-state index contributed by atoms with van der Waals surface area (Å²) in [7, 11) is 0. The highest BCUT2D eigenvalue weighted by molar-refractivity contribution is 7.16. The molecule has 0 spiro atoms. The second kappa shape index (κ2) is 12.8. The van der Waals surface area contributed by atoms with Crippen LogP contribution in [0.15, 0.2) is 78.9 Å². The van der Waals surface area contributed by atoms with Crippen LogP contribution in [-0.2, 0) is 11.2 Å². The highest BCUT2D eigenvalue weighted by Gasteiger charge is 2.17. The number of hydrogen-bond donors (Lipinski definition) is 1. The lowest BCUT2D eigenvalue weighted by atomic mass is 10.1. The van der Waals surface area contributed by atoms with E-state index in [0.717, 1.165) is 22.6 Å². The molecule has 37 heavy (non-hydrogen) atoms. The van der Waals surface area contributed by atoms with E-state index in [2.05, 4.69) is 17.4 Å². The molecule has 3 aromatic carbocycles. The molecular formula is C30H30N2O4S. The molecule has 0 saturated carbocycles. The van der Waals surface area contributed by atoms with E-state index in [4.69, 9.17) is 14.5 Å². The third-order valence-corrected chi connectivity index (χ3v) is 6.61. The smallest absolute Gasteiger partial charge is 0.226 e. The summed E-state index contributed by atoms with van der Waals surface area (Å²) in [5.41, 5.74) is 3.53. The number of hydrogen-bond acceptors (Lipinski definition) is 6. The summed E-state index contributed by atoms with van der Waals surface area (Å²) < 4.78 is 11.2. The van der Waals surface area contributed by atoms with Crippen LogP contribution in [0.2, 0.25) is 0 Å². The number of thiazole rings is 1. The van der Waals surface area contributed by atoms with Crippen molar-refractivity contribution in [3.05, 3.63) is 94.9 Å². The molecule has 1 amide bonds. The lowest BCUT2D eigenvalue weighted by Crippen LogP contribution is -2.13. The Morgan fingerprint density at radius 1 is 0.838 bits per heavy atom. The Morgan fingerprint density at radius 2 is 1.51 bits per heavy atom. The molecule has 1 N–H and O–H groups in total. The number of carbonyl (C=O) groups excluding carboxylic acids is 2. The zero-order valence-corrected chi connectivity index (χ0v) is 21.8. The van der Waals surface area contributed by atoms with Crippen molar-refractivity contribution in [2.75, 3.05) is 18.5 Å². The molecule has 1 heterocycles. The molecule has 0 aliphatic heterocycles. The van der Waals surface area contributed by atoms with E-state index in [1.54, 1.807) is 18.2 Å². The number of carbonyl (C=O) groups is 2. The molecular weight excluding hydrogens is 484 g/mol. The van der Waals surface area contributed by atoms with E-state index < -0.39 is 0 Å². The van der Waals surface area contributed by atoms with E-state index in [1.165, 1.54) is 16.9 Å². The van der Waals surface area contributed by atoms with Gasteiger partial charge in [0.2, 0.25) is 5.91 Å². The van der Waals surface area contributed by atoms with Crippen LogP contribution in [0.5, 0.6) is 11.5 Å². The maximum atomic E-state index is 12.8. The zero-order chi connectivity index (χ0) is 26.0. The third kappa shape index (κ3) is 7.05. The first-order chi connectivity index (χ1) is 18.1. The number of ketones is 1. The summed E-state index contributed by atoms with van der Waals surface area (Å²) in [6.45, 7) is 4.74. The summed E-state index contributed by atoms with van der Waals surface area (Å²) in [4.78, 5) is 31.3. The van der Waals surface area contributed by atoms with Gasteiger partial charge >= 0.3 is 0 Å². The molecule has 4 rings (SSSR count). The highest BCUT2D eigenvalue weighted by atomic mass is 32.1. The number of anilines is 1. The maximum absolute atomic E-state index is 12.8. The lowest BCUT2D eigenvalue weighted by molar-refractivity contribution is -0.116. The number of aromatic nitrogens is 1. The lowest BCUT2D eigenvalue weighted by Gasteiger charge is -2.12. The topological polar surface area (TPSA) is 77.5 Å². The average molecular weight is 515 g/mol. The predicted molar refractivity (Wildman–Crippen MR) is 148 cm³/mol. The maximum Gasteiger partial charge on any atom is 0.226 e. The average Bonchev–Trinajstić information content (AvgIpc) is 3.31. The van der Waals surface area contributed by atoms with Gasteiger partial charge in [-0.05, 0) is 37.6 Å². The first-order valence-electron chi connectivity index (χ1n) is 12.4. The molecule has 0 aliphatic carbocycles. The molecule has 4 aromatic rings. The number of benzene rings is 3. The number of ether oxygens (including phenoxy) is 2. The molecule has 0 atom stereocenters. The number of Topliss-reactive ketones (excluding diaryl/α,β-unsaturated/α-hetero) is 1. The van der Waals surface area contributed by atoms with E-state index in [0.29, 0.717) is 35.4 Å². The minimum atomic E-state index is -0.246.